The van der Waals surface area contributed by atoms with E-state index in [0.29, 0.717) is 6.04 Å². The SMILES string of the molecule is COCC(=O)N1CCC(N2C[C@H](OC)[C@@H]2c2cccnc2)CC1. The minimum Gasteiger partial charge on any atom is -0.378 e. The van der Waals surface area contributed by atoms with Crippen molar-refractivity contribution >= 4 is 5.91 Å². The van der Waals surface area contributed by atoms with Crippen LogP contribution < -0.4 is 0 Å². The lowest BCUT2D eigenvalue weighted by atomic mass is 9.87. The van der Waals surface area contributed by atoms with Gasteiger partial charge in [-0.1, -0.05) is 6.07 Å². The molecule has 2 atom stereocenters. The Morgan fingerprint density at radius 1 is 1.35 bits per heavy atom. The molecular weight excluding hydrogens is 294 g/mol. The summed E-state index contributed by atoms with van der Waals surface area (Å²) in [6, 6.07) is 4.87. The zero-order chi connectivity index (χ0) is 16.2. The second kappa shape index (κ2) is 7.38. The number of aromatic nitrogens is 1. The maximum Gasteiger partial charge on any atom is 0.248 e. The molecule has 0 unspecified atom stereocenters. The molecule has 23 heavy (non-hydrogen) atoms. The highest BCUT2D eigenvalue weighted by Crippen LogP contribution is 2.39. The second-order valence-corrected chi connectivity index (χ2v) is 6.25. The summed E-state index contributed by atoms with van der Waals surface area (Å²) in [7, 11) is 3.34. The van der Waals surface area contributed by atoms with Gasteiger partial charge in [0.1, 0.15) is 6.61 Å². The molecule has 0 bridgehead atoms. The van der Waals surface area contributed by atoms with Gasteiger partial charge in [0, 0.05) is 52.3 Å². The van der Waals surface area contributed by atoms with Crippen LogP contribution in [-0.4, -0.2) is 73.3 Å². The zero-order valence-electron chi connectivity index (χ0n) is 13.9. The van der Waals surface area contributed by atoms with Gasteiger partial charge in [-0.25, -0.2) is 0 Å². The van der Waals surface area contributed by atoms with Gasteiger partial charge in [0.2, 0.25) is 5.91 Å². The first kappa shape index (κ1) is 16.4. The molecule has 2 saturated heterocycles. The Morgan fingerprint density at radius 2 is 2.13 bits per heavy atom. The fourth-order valence-electron chi connectivity index (χ4n) is 3.70. The first-order chi connectivity index (χ1) is 11.2. The zero-order valence-corrected chi connectivity index (χ0v) is 13.9. The maximum absolute atomic E-state index is 11.9. The second-order valence-electron chi connectivity index (χ2n) is 6.25. The van der Waals surface area contributed by atoms with E-state index in [1.807, 2.05) is 17.2 Å². The summed E-state index contributed by atoms with van der Waals surface area (Å²) in [4.78, 5) is 20.6. The summed E-state index contributed by atoms with van der Waals surface area (Å²) in [5.74, 6) is 0.0909. The molecule has 3 rings (SSSR count). The molecular formula is C17H25N3O3. The lowest BCUT2D eigenvalue weighted by Gasteiger charge is -2.52. The van der Waals surface area contributed by atoms with Crippen LogP contribution in [0.25, 0.3) is 0 Å². The van der Waals surface area contributed by atoms with Gasteiger partial charge in [-0.15, -0.1) is 0 Å². The molecule has 0 N–H and O–H groups in total. The number of piperidine rings is 1. The Kier molecular flexibility index (Phi) is 5.25. The highest BCUT2D eigenvalue weighted by Gasteiger charge is 2.44. The predicted octanol–water partition coefficient (Wildman–Crippen LogP) is 1.09. The molecule has 2 fully saturated rings. The molecule has 6 heteroatoms. The molecule has 6 nitrogen and oxygen atoms in total. The quantitative estimate of drug-likeness (QED) is 0.813. The van der Waals surface area contributed by atoms with Crippen LogP contribution in [0.4, 0.5) is 0 Å². The molecule has 0 aromatic carbocycles. The number of nitrogens with zero attached hydrogens (tertiary/aromatic N) is 3. The third-order valence-corrected chi connectivity index (χ3v) is 4.98. The Labute approximate surface area is 137 Å². The lowest BCUT2D eigenvalue weighted by Crippen LogP contribution is -2.60. The monoisotopic (exact) mass is 319 g/mol. The van der Waals surface area contributed by atoms with E-state index < -0.39 is 0 Å². The number of amides is 1. The van der Waals surface area contributed by atoms with E-state index in [-0.39, 0.29) is 24.7 Å². The van der Waals surface area contributed by atoms with Gasteiger partial charge in [0.05, 0.1) is 12.1 Å². The standard InChI is InChI=1S/C17H25N3O3/c1-22-12-16(21)19-8-5-14(6-9-19)20-11-15(23-2)17(20)13-4-3-7-18-10-13/h3-4,7,10,14-15,17H,5-6,8-9,11-12H2,1-2H3/t15-,17-/m0/s1. The van der Waals surface area contributed by atoms with Gasteiger partial charge in [0.25, 0.3) is 0 Å². The first-order valence-electron chi connectivity index (χ1n) is 8.19. The molecule has 1 aromatic heterocycles. The van der Waals surface area contributed by atoms with Crippen molar-refractivity contribution in [3.05, 3.63) is 30.1 Å². The van der Waals surface area contributed by atoms with Crippen LogP contribution >= 0.6 is 0 Å². The van der Waals surface area contributed by atoms with E-state index >= 15 is 0 Å². The third-order valence-electron chi connectivity index (χ3n) is 4.98. The summed E-state index contributed by atoms with van der Waals surface area (Å²) < 4.78 is 10.6. The van der Waals surface area contributed by atoms with Crippen LogP contribution in [0.5, 0.6) is 0 Å². The molecule has 0 radical (unpaired) electrons. The van der Waals surface area contributed by atoms with Crippen molar-refractivity contribution in [2.75, 3.05) is 40.5 Å². The molecule has 0 aliphatic carbocycles. The molecule has 1 amide bonds. The summed E-state index contributed by atoms with van der Waals surface area (Å²) in [6.45, 7) is 2.74. The van der Waals surface area contributed by atoms with Crippen LogP contribution in [-0.2, 0) is 14.3 Å². The van der Waals surface area contributed by atoms with E-state index in [1.165, 1.54) is 5.56 Å². The molecule has 3 heterocycles. The molecule has 2 aliphatic heterocycles. The number of carbonyl (C=O) groups excluding carboxylic acids is 1. The molecule has 126 valence electrons. The van der Waals surface area contributed by atoms with Crippen LogP contribution in [0.15, 0.2) is 24.5 Å². The highest BCUT2D eigenvalue weighted by molar-refractivity contribution is 5.77. The Morgan fingerprint density at radius 3 is 2.74 bits per heavy atom. The number of rotatable bonds is 5. The van der Waals surface area contributed by atoms with Crippen LogP contribution in [0.2, 0.25) is 0 Å². The topological polar surface area (TPSA) is 54.9 Å². The molecule has 0 saturated carbocycles. The highest BCUT2D eigenvalue weighted by atomic mass is 16.5. The largest absolute Gasteiger partial charge is 0.378 e. The fraction of sp³-hybridized carbons (Fsp3) is 0.647. The lowest BCUT2D eigenvalue weighted by molar-refractivity contribution is -0.141. The summed E-state index contributed by atoms with van der Waals surface area (Å²) in [5.41, 5.74) is 1.21. The van der Waals surface area contributed by atoms with Gasteiger partial charge in [-0.3, -0.25) is 14.7 Å². The van der Waals surface area contributed by atoms with Gasteiger partial charge >= 0.3 is 0 Å². The number of hydrogen-bond donors (Lipinski definition) is 0. The molecule has 0 spiro atoms. The van der Waals surface area contributed by atoms with E-state index in [2.05, 4.69) is 16.0 Å². The van der Waals surface area contributed by atoms with E-state index in [9.17, 15) is 4.79 Å². The van der Waals surface area contributed by atoms with Gasteiger partial charge in [-0.05, 0) is 24.5 Å². The van der Waals surface area contributed by atoms with E-state index in [1.54, 1.807) is 20.4 Å². The van der Waals surface area contributed by atoms with Crippen LogP contribution in [0, 0.1) is 0 Å². The van der Waals surface area contributed by atoms with Crippen LogP contribution in [0.1, 0.15) is 24.4 Å². The van der Waals surface area contributed by atoms with E-state index in [4.69, 9.17) is 9.47 Å². The van der Waals surface area contributed by atoms with Crippen LogP contribution in [0.3, 0.4) is 0 Å². The summed E-state index contributed by atoms with van der Waals surface area (Å²) in [6.07, 6.45) is 5.96. The summed E-state index contributed by atoms with van der Waals surface area (Å²) in [5, 5.41) is 0. The third kappa shape index (κ3) is 3.39. The first-order valence-corrected chi connectivity index (χ1v) is 8.19. The Bertz CT molecular complexity index is 517. The fourth-order valence-corrected chi connectivity index (χ4v) is 3.70. The number of methoxy groups -OCH3 is 2. The van der Waals surface area contributed by atoms with E-state index in [0.717, 1.165) is 32.5 Å². The number of pyridine rings is 1. The average Bonchev–Trinajstić information content (AvgIpc) is 2.56. The minimum atomic E-state index is 0.0909. The van der Waals surface area contributed by atoms with Crippen molar-refractivity contribution in [2.45, 2.75) is 31.0 Å². The summed E-state index contributed by atoms with van der Waals surface area (Å²) >= 11 is 0. The average molecular weight is 319 g/mol. The number of ether oxygens (including phenoxy) is 2. The van der Waals surface area contributed by atoms with Crippen molar-refractivity contribution in [1.82, 2.24) is 14.8 Å². The smallest absolute Gasteiger partial charge is 0.248 e. The van der Waals surface area contributed by atoms with Gasteiger partial charge in [-0.2, -0.15) is 0 Å². The van der Waals surface area contributed by atoms with Crippen molar-refractivity contribution in [2.24, 2.45) is 0 Å². The van der Waals surface area contributed by atoms with Crippen molar-refractivity contribution in [3.63, 3.8) is 0 Å². The normalized spacial score (nSPS) is 26.1. The van der Waals surface area contributed by atoms with Gasteiger partial charge < -0.3 is 14.4 Å². The van der Waals surface area contributed by atoms with Crippen molar-refractivity contribution in [1.29, 1.82) is 0 Å². The molecule has 1 aromatic rings. The predicted molar refractivity (Wildman–Crippen MR) is 86.0 cm³/mol. The van der Waals surface area contributed by atoms with Crippen molar-refractivity contribution in [3.8, 4) is 0 Å². The van der Waals surface area contributed by atoms with Crippen molar-refractivity contribution < 1.29 is 14.3 Å². The molecule has 2 aliphatic rings. The van der Waals surface area contributed by atoms with Gasteiger partial charge in [0.15, 0.2) is 0 Å². The minimum absolute atomic E-state index is 0.0909. The maximum atomic E-state index is 11.9. The number of likely N-dealkylation sites (tertiary alicyclic amines) is 2. The Balaban J connectivity index is 1.61. The Hall–Kier alpha value is -1.50. The number of hydrogen-bond acceptors (Lipinski definition) is 5. The number of carbonyl (C=O) groups is 1.